The van der Waals surface area contributed by atoms with Gasteiger partial charge in [-0.25, -0.2) is 13.4 Å². The zero-order valence-corrected chi connectivity index (χ0v) is 22.0. The molecule has 0 amide bonds. The molecule has 2 heterocycles. The number of aryl methyl sites for hydroxylation is 2. The summed E-state index contributed by atoms with van der Waals surface area (Å²) in [5.74, 6) is 0.641. The molecule has 0 radical (unpaired) electrons. The highest BCUT2D eigenvalue weighted by Crippen LogP contribution is 2.30. The summed E-state index contributed by atoms with van der Waals surface area (Å²) in [4.78, 5) is 4.98. The zero-order chi connectivity index (χ0) is 25.3. The number of sulfonamides is 1. The second-order valence-corrected chi connectivity index (χ2v) is 12.3. The summed E-state index contributed by atoms with van der Waals surface area (Å²) in [6.45, 7) is 4.48. The van der Waals surface area contributed by atoms with Crippen molar-refractivity contribution in [1.82, 2.24) is 4.98 Å². The van der Waals surface area contributed by atoms with Gasteiger partial charge in [0.2, 0.25) is 0 Å². The number of para-hydroxylation sites is 1. The monoisotopic (exact) mass is 519 g/mol. The van der Waals surface area contributed by atoms with E-state index < -0.39 is 21.4 Å². The molecule has 1 aliphatic heterocycles. The van der Waals surface area contributed by atoms with Gasteiger partial charge in [0.05, 0.1) is 39.7 Å². The quantitative estimate of drug-likeness (QED) is 0.328. The van der Waals surface area contributed by atoms with Gasteiger partial charge in [0.1, 0.15) is 5.75 Å². The molecule has 6 nitrogen and oxygen atoms in total. The molecule has 36 heavy (non-hydrogen) atoms. The van der Waals surface area contributed by atoms with Crippen molar-refractivity contribution in [3.63, 3.8) is 0 Å². The van der Waals surface area contributed by atoms with Crippen molar-refractivity contribution in [2.75, 3.05) is 21.3 Å². The van der Waals surface area contributed by atoms with Gasteiger partial charge < -0.3 is 4.55 Å². The van der Waals surface area contributed by atoms with E-state index in [9.17, 15) is 13.0 Å². The summed E-state index contributed by atoms with van der Waals surface area (Å²) in [5, 5.41) is 1.05. The molecular weight excluding hydrogens is 490 g/mol. The van der Waals surface area contributed by atoms with Crippen LogP contribution in [0.2, 0.25) is 0 Å². The van der Waals surface area contributed by atoms with E-state index in [1.54, 1.807) is 25.1 Å². The summed E-state index contributed by atoms with van der Waals surface area (Å²) in [6.07, 6.45) is 2.99. The van der Waals surface area contributed by atoms with E-state index in [0.717, 1.165) is 52.7 Å². The maximum atomic E-state index is 13.3. The Morgan fingerprint density at radius 1 is 0.917 bits per heavy atom. The first-order valence-electron chi connectivity index (χ1n) is 12.1. The van der Waals surface area contributed by atoms with Crippen LogP contribution in [0.3, 0.4) is 0 Å². The third-order valence-electron chi connectivity index (χ3n) is 6.53. The first-order valence-corrected chi connectivity index (χ1v) is 14.8. The van der Waals surface area contributed by atoms with E-state index in [0.29, 0.717) is 23.5 Å². The van der Waals surface area contributed by atoms with Gasteiger partial charge in [-0.1, -0.05) is 30.3 Å². The molecule has 186 valence electrons. The minimum Gasteiger partial charge on any atom is -0.593 e. The van der Waals surface area contributed by atoms with Gasteiger partial charge in [-0.2, -0.15) is 4.31 Å². The van der Waals surface area contributed by atoms with Crippen molar-refractivity contribution < 1.29 is 13.0 Å². The Morgan fingerprint density at radius 2 is 1.75 bits per heavy atom. The number of anilines is 2. The molecule has 0 aliphatic carbocycles. The number of benzene rings is 3. The van der Waals surface area contributed by atoms with Crippen LogP contribution in [-0.2, 0) is 21.4 Å². The second kappa shape index (κ2) is 10.1. The van der Waals surface area contributed by atoms with Crippen molar-refractivity contribution in [3.05, 3.63) is 83.9 Å². The summed E-state index contributed by atoms with van der Waals surface area (Å²) in [7, 11) is -3.82. The zero-order valence-electron chi connectivity index (χ0n) is 20.4. The highest BCUT2D eigenvalue weighted by molar-refractivity contribution is 7.93. The minimum atomic E-state index is -3.82. The van der Waals surface area contributed by atoms with Crippen LogP contribution in [0, 0.1) is 13.8 Å². The molecule has 1 aromatic heterocycles. The van der Waals surface area contributed by atoms with Crippen molar-refractivity contribution in [1.29, 1.82) is 0 Å². The molecule has 1 unspecified atom stereocenters. The van der Waals surface area contributed by atoms with Crippen molar-refractivity contribution in [2.24, 2.45) is 0 Å². The van der Waals surface area contributed by atoms with Gasteiger partial charge >= 0.3 is 0 Å². The largest absolute Gasteiger partial charge is 0.593 e. The Bertz CT molecular complexity index is 1520. The Labute approximate surface area is 215 Å². The fourth-order valence-corrected chi connectivity index (χ4v) is 7.22. The molecule has 1 aliphatic rings. The molecule has 1 saturated heterocycles. The first-order chi connectivity index (χ1) is 17.3. The number of pyridine rings is 1. The molecule has 4 aromatic rings. The molecule has 1 N–H and O–H groups in total. The van der Waals surface area contributed by atoms with Gasteiger partial charge in [0.25, 0.3) is 10.0 Å². The third kappa shape index (κ3) is 5.07. The lowest BCUT2D eigenvalue weighted by Crippen LogP contribution is -2.32. The molecule has 5 rings (SSSR count). The number of fused-ring (bicyclic) bond motifs is 1. The van der Waals surface area contributed by atoms with Crippen molar-refractivity contribution in [3.8, 4) is 11.3 Å². The summed E-state index contributed by atoms with van der Waals surface area (Å²) < 4.78 is 43.9. The lowest BCUT2D eigenvalue weighted by molar-refractivity contribution is 0.591. The van der Waals surface area contributed by atoms with Crippen LogP contribution < -0.4 is 9.03 Å². The van der Waals surface area contributed by atoms with Gasteiger partial charge in [0.15, 0.2) is 0 Å². The molecule has 1 fully saturated rings. The van der Waals surface area contributed by atoms with Gasteiger partial charge in [-0.05, 0) is 86.7 Å². The number of hydrogen-bond acceptors (Lipinski definition) is 5. The maximum Gasteiger partial charge on any atom is 0.262 e. The highest BCUT2D eigenvalue weighted by atomic mass is 32.2. The molecule has 0 saturated carbocycles. The van der Waals surface area contributed by atoms with Gasteiger partial charge in [-0.15, -0.1) is 0 Å². The van der Waals surface area contributed by atoms with E-state index in [1.165, 1.54) is 0 Å². The Hall–Kier alpha value is -3.07. The average Bonchev–Trinajstić information content (AvgIpc) is 3.08. The average molecular weight is 520 g/mol. The van der Waals surface area contributed by atoms with Crippen molar-refractivity contribution in [2.45, 2.75) is 38.0 Å². The smallest absolute Gasteiger partial charge is 0.262 e. The van der Waals surface area contributed by atoms with E-state index in [2.05, 4.69) is 4.72 Å². The van der Waals surface area contributed by atoms with Crippen LogP contribution in [0.4, 0.5) is 11.4 Å². The lowest BCUT2D eigenvalue weighted by Gasteiger charge is -2.24. The van der Waals surface area contributed by atoms with Crippen LogP contribution in [0.5, 0.6) is 0 Å². The predicted molar refractivity (Wildman–Crippen MR) is 148 cm³/mol. The molecule has 1 atom stereocenters. The van der Waals surface area contributed by atoms with Gasteiger partial charge in [0, 0.05) is 16.6 Å². The number of rotatable bonds is 5. The summed E-state index contributed by atoms with van der Waals surface area (Å²) in [6, 6.07) is 22.6. The fourth-order valence-electron chi connectivity index (χ4n) is 4.59. The van der Waals surface area contributed by atoms with Crippen LogP contribution in [0.15, 0.2) is 77.7 Å². The van der Waals surface area contributed by atoms with Gasteiger partial charge in [-0.3, -0.25) is 4.72 Å². The number of aromatic nitrogens is 1. The first kappa shape index (κ1) is 24.6. The minimum absolute atomic E-state index is 0.206. The second-order valence-electron chi connectivity index (χ2n) is 9.16. The number of hydrogen-bond donors (Lipinski definition) is 1. The van der Waals surface area contributed by atoms with E-state index >= 15 is 0 Å². The number of nitrogens with one attached hydrogen (secondary N) is 1. The summed E-state index contributed by atoms with van der Waals surface area (Å²) >= 11 is -1.08. The van der Waals surface area contributed by atoms with Crippen LogP contribution in [-0.4, -0.2) is 30.3 Å². The summed E-state index contributed by atoms with van der Waals surface area (Å²) in [5.41, 5.74) is 5.45. The SMILES string of the molecule is Cc1ccc(NS(=O)(=O)c2ccc(N3CCCCC[S+]3[O-])cc2C)cc1-c1ccc2ccccc2n1. The predicted octanol–water partition coefficient (Wildman–Crippen LogP) is 5.97. The lowest BCUT2D eigenvalue weighted by atomic mass is 10.0. The number of nitrogens with zero attached hydrogens (tertiary/aromatic N) is 2. The highest BCUT2D eigenvalue weighted by Gasteiger charge is 2.25. The van der Waals surface area contributed by atoms with Crippen LogP contribution >= 0.6 is 0 Å². The van der Waals surface area contributed by atoms with Crippen molar-refractivity contribution >= 4 is 43.7 Å². The third-order valence-corrected chi connectivity index (χ3v) is 9.59. The Balaban J connectivity index is 1.42. The standard InChI is InChI=1S/C28H29N3O3S2/c1-20-10-12-23(19-25(20)27-14-11-22-8-4-5-9-26(22)29-27)30-36(33,34)28-15-13-24(18-21(28)2)31-16-6-3-7-17-35(31)32/h4-5,8-15,18-19,30H,3,6-7,16-17H2,1-2H3. The molecular formula is C28H29N3O3S2. The molecule has 0 bridgehead atoms. The maximum absolute atomic E-state index is 13.3. The fraction of sp³-hybridized carbons (Fsp3) is 0.250. The van der Waals surface area contributed by atoms with E-state index in [-0.39, 0.29) is 4.90 Å². The molecule has 3 aromatic carbocycles. The Morgan fingerprint density at radius 3 is 2.58 bits per heavy atom. The molecule has 8 heteroatoms. The van der Waals surface area contributed by atoms with E-state index in [4.69, 9.17) is 4.98 Å². The van der Waals surface area contributed by atoms with E-state index in [1.807, 2.05) is 65.8 Å². The van der Waals surface area contributed by atoms with Crippen LogP contribution in [0.25, 0.3) is 22.2 Å². The topological polar surface area (TPSA) is 85.4 Å². The normalized spacial score (nSPS) is 16.6. The Kier molecular flexibility index (Phi) is 6.92. The van der Waals surface area contributed by atoms with Crippen LogP contribution in [0.1, 0.15) is 30.4 Å². The molecule has 0 spiro atoms.